The maximum Gasteiger partial charge on any atom is 0.271 e. The van der Waals surface area contributed by atoms with Crippen molar-refractivity contribution in [1.82, 2.24) is 15.5 Å². The van der Waals surface area contributed by atoms with Gasteiger partial charge in [0.25, 0.3) is 5.91 Å². The van der Waals surface area contributed by atoms with Gasteiger partial charge in [0.05, 0.1) is 0 Å². The molecule has 1 heterocycles. The summed E-state index contributed by atoms with van der Waals surface area (Å²) in [6.45, 7) is 1.90. The summed E-state index contributed by atoms with van der Waals surface area (Å²) in [7, 11) is 1.53. The number of carbonyl (C=O) groups excluding carboxylic acids is 1. The number of anilines is 1. The molecule has 116 valence electrons. The van der Waals surface area contributed by atoms with E-state index in [1.165, 1.54) is 7.05 Å². The third kappa shape index (κ3) is 3.93. The van der Waals surface area contributed by atoms with Gasteiger partial charge in [0.2, 0.25) is 0 Å². The molecule has 1 aromatic heterocycles. The Labute approximate surface area is 133 Å². The van der Waals surface area contributed by atoms with Gasteiger partial charge in [-0.25, -0.2) is 0 Å². The summed E-state index contributed by atoms with van der Waals surface area (Å²) in [6.07, 6.45) is 0. The average Bonchev–Trinajstić information content (AvgIpc) is 2.53. The maximum absolute atomic E-state index is 11.4. The van der Waals surface area contributed by atoms with E-state index < -0.39 is 5.60 Å². The number of halogens is 1. The number of rotatable bonds is 5. The minimum absolute atomic E-state index is 0.224. The van der Waals surface area contributed by atoms with Crippen molar-refractivity contribution in [1.29, 1.82) is 0 Å². The smallest absolute Gasteiger partial charge is 0.271 e. The third-order valence-corrected chi connectivity index (χ3v) is 3.42. The summed E-state index contributed by atoms with van der Waals surface area (Å²) in [5.74, 6) is 0.167. The number of aliphatic hydroxyl groups is 1. The molecular formula is C15H17ClN4O2. The Kier molecular flexibility index (Phi) is 4.95. The minimum Gasteiger partial charge on any atom is -0.384 e. The third-order valence-electron chi connectivity index (χ3n) is 3.18. The first-order valence-electron chi connectivity index (χ1n) is 6.70. The zero-order chi connectivity index (χ0) is 16.2. The van der Waals surface area contributed by atoms with Crippen LogP contribution in [0.3, 0.4) is 0 Å². The molecule has 22 heavy (non-hydrogen) atoms. The minimum atomic E-state index is -1.12. The van der Waals surface area contributed by atoms with E-state index in [2.05, 4.69) is 20.8 Å². The molecule has 7 heteroatoms. The summed E-state index contributed by atoms with van der Waals surface area (Å²) < 4.78 is 0. The van der Waals surface area contributed by atoms with Crippen molar-refractivity contribution in [3.8, 4) is 0 Å². The average molecular weight is 321 g/mol. The number of amides is 1. The summed E-state index contributed by atoms with van der Waals surface area (Å²) in [6, 6.07) is 10.2. The molecule has 0 aliphatic heterocycles. The molecule has 1 atom stereocenters. The van der Waals surface area contributed by atoms with E-state index in [0.29, 0.717) is 16.4 Å². The molecule has 3 N–H and O–H groups in total. The summed E-state index contributed by atoms with van der Waals surface area (Å²) in [5, 5.41) is 24.3. The van der Waals surface area contributed by atoms with Gasteiger partial charge < -0.3 is 15.7 Å². The molecule has 0 saturated heterocycles. The van der Waals surface area contributed by atoms with Crippen molar-refractivity contribution in [2.75, 3.05) is 18.9 Å². The predicted octanol–water partition coefficient (Wildman–Crippen LogP) is 1.81. The molecule has 1 aromatic carbocycles. The van der Waals surface area contributed by atoms with Crippen molar-refractivity contribution in [3.63, 3.8) is 0 Å². The van der Waals surface area contributed by atoms with E-state index in [0.717, 1.165) is 0 Å². The van der Waals surface area contributed by atoms with Crippen LogP contribution in [0.15, 0.2) is 36.4 Å². The first kappa shape index (κ1) is 16.2. The van der Waals surface area contributed by atoms with E-state index in [1.54, 1.807) is 43.3 Å². The molecule has 0 aliphatic carbocycles. The maximum atomic E-state index is 11.4. The van der Waals surface area contributed by atoms with Crippen LogP contribution in [0.5, 0.6) is 0 Å². The number of benzene rings is 1. The second kappa shape index (κ2) is 6.72. The van der Waals surface area contributed by atoms with Gasteiger partial charge in [0.1, 0.15) is 11.4 Å². The van der Waals surface area contributed by atoms with Crippen LogP contribution >= 0.6 is 11.6 Å². The molecular weight excluding hydrogens is 304 g/mol. The highest BCUT2D eigenvalue weighted by molar-refractivity contribution is 6.30. The largest absolute Gasteiger partial charge is 0.384 e. The van der Waals surface area contributed by atoms with Crippen molar-refractivity contribution >= 4 is 23.3 Å². The Bertz CT molecular complexity index is 659. The predicted molar refractivity (Wildman–Crippen MR) is 84.9 cm³/mol. The zero-order valence-corrected chi connectivity index (χ0v) is 13.1. The fourth-order valence-corrected chi connectivity index (χ4v) is 2.05. The standard InChI is InChI=1S/C15H17ClN4O2/c1-15(22,10-4-3-5-11(16)8-10)9-18-13-7-6-12(19-20-13)14(21)17-2/h3-8,22H,9H2,1-2H3,(H,17,21)(H,18,20). The van der Waals surface area contributed by atoms with Crippen molar-refractivity contribution in [3.05, 3.63) is 52.7 Å². The highest BCUT2D eigenvalue weighted by Crippen LogP contribution is 2.23. The molecule has 0 saturated carbocycles. The normalized spacial score (nSPS) is 13.3. The number of nitrogens with one attached hydrogen (secondary N) is 2. The summed E-state index contributed by atoms with van der Waals surface area (Å²) in [4.78, 5) is 11.4. The van der Waals surface area contributed by atoms with Gasteiger partial charge >= 0.3 is 0 Å². The quantitative estimate of drug-likeness (QED) is 0.782. The molecule has 0 radical (unpaired) electrons. The zero-order valence-electron chi connectivity index (χ0n) is 12.3. The fourth-order valence-electron chi connectivity index (χ4n) is 1.86. The summed E-state index contributed by atoms with van der Waals surface area (Å²) in [5.41, 5.74) is -0.191. The molecule has 0 aliphatic rings. The second-order valence-electron chi connectivity index (χ2n) is 5.02. The number of nitrogens with zero attached hydrogens (tertiary/aromatic N) is 2. The van der Waals surface area contributed by atoms with E-state index in [1.807, 2.05) is 0 Å². The molecule has 0 spiro atoms. The highest BCUT2D eigenvalue weighted by Gasteiger charge is 2.23. The SMILES string of the molecule is CNC(=O)c1ccc(NCC(C)(O)c2cccc(Cl)c2)nn1. The summed E-state index contributed by atoms with van der Waals surface area (Å²) >= 11 is 5.94. The van der Waals surface area contributed by atoms with E-state index in [-0.39, 0.29) is 18.1 Å². The lowest BCUT2D eigenvalue weighted by molar-refractivity contribution is 0.0714. The molecule has 1 amide bonds. The van der Waals surface area contributed by atoms with Crippen LogP contribution in [-0.2, 0) is 5.60 Å². The number of carbonyl (C=O) groups is 1. The molecule has 1 unspecified atom stereocenters. The van der Waals surface area contributed by atoms with Crippen molar-refractivity contribution in [2.24, 2.45) is 0 Å². The van der Waals surface area contributed by atoms with Crippen LogP contribution in [0.2, 0.25) is 5.02 Å². The van der Waals surface area contributed by atoms with Gasteiger partial charge in [-0.15, -0.1) is 10.2 Å². The van der Waals surface area contributed by atoms with Gasteiger partial charge in [-0.1, -0.05) is 23.7 Å². The van der Waals surface area contributed by atoms with Crippen LogP contribution in [0, 0.1) is 0 Å². The number of hydrogen-bond acceptors (Lipinski definition) is 5. The Hall–Kier alpha value is -2.18. The Morgan fingerprint density at radius 3 is 2.68 bits per heavy atom. The molecule has 2 aromatic rings. The monoisotopic (exact) mass is 320 g/mol. The lowest BCUT2D eigenvalue weighted by Gasteiger charge is -2.24. The van der Waals surface area contributed by atoms with Gasteiger partial charge in [-0.3, -0.25) is 4.79 Å². The molecule has 0 bridgehead atoms. The Morgan fingerprint density at radius 2 is 2.09 bits per heavy atom. The van der Waals surface area contributed by atoms with Crippen LogP contribution < -0.4 is 10.6 Å². The van der Waals surface area contributed by atoms with E-state index >= 15 is 0 Å². The number of aromatic nitrogens is 2. The topological polar surface area (TPSA) is 87.1 Å². The Morgan fingerprint density at radius 1 is 1.32 bits per heavy atom. The van der Waals surface area contributed by atoms with Crippen molar-refractivity contribution < 1.29 is 9.90 Å². The molecule has 6 nitrogen and oxygen atoms in total. The van der Waals surface area contributed by atoms with Crippen molar-refractivity contribution in [2.45, 2.75) is 12.5 Å². The number of hydrogen-bond donors (Lipinski definition) is 3. The van der Waals surface area contributed by atoms with Gasteiger partial charge in [-0.2, -0.15) is 0 Å². The van der Waals surface area contributed by atoms with Crippen LogP contribution in [0.1, 0.15) is 23.0 Å². The lowest BCUT2D eigenvalue weighted by atomic mass is 9.96. The van der Waals surface area contributed by atoms with E-state index in [4.69, 9.17) is 11.6 Å². The second-order valence-corrected chi connectivity index (χ2v) is 5.46. The molecule has 0 fully saturated rings. The van der Waals surface area contributed by atoms with E-state index in [9.17, 15) is 9.90 Å². The fraction of sp³-hybridized carbons (Fsp3) is 0.267. The van der Waals surface area contributed by atoms with Gasteiger partial charge in [0.15, 0.2) is 5.69 Å². The highest BCUT2D eigenvalue weighted by atomic mass is 35.5. The first-order valence-corrected chi connectivity index (χ1v) is 7.08. The molecule has 2 rings (SSSR count). The van der Waals surface area contributed by atoms with Crippen LogP contribution in [0.25, 0.3) is 0 Å². The first-order chi connectivity index (χ1) is 10.4. The van der Waals surface area contributed by atoms with Gasteiger partial charge in [0, 0.05) is 18.6 Å². The lowest BCUT2D eigenvalue weighted by Crippen LogP contribution is -2.31. The Balaban J connectivity index is 2.04. The van der Waals surface area contributed by atoms with Gasteiger partial charge in [-0.05, 0) is 36.8 Å². The van der Waals surface area contributed by atoms with Crippen LogP contribution in [0.4, 0.5) is 5.82 Å². The van der Waals surface area contributed by atoms with Crippen LogP contribution in [-0.4, -0.2) is 34.8 Å².